The van der Waals surface area contributed by atoms with Gasteiger partial charge in [-0.2, -0.15) is 0 Å². The van der Waals surface area contributed by atoms with E-state index in [0.29, 0.717) is 27.5 Å². The van der Waals surface area contributed by atoms with E-state index in [0.717, 1.165) is 21.4 Å². The zero-order chi connectivity index (χ0) is 26.6. The summed E-state index contributed by atoms with van der Waals surface area (Å²) in [6.07, 6.45) is 0.666. The Bertz CT molecular complexity index is 1610. The van der Waals surface area contributed by atoms with Gasteiger partial charge in [0.05, 0.1) is 12.0 Å². The van der Waals surface area contributed by atoms with E-state index >= 15 is 0 Å². The van der Waals surface area contributed by atoms with Gasteiger partial charge >= 0.3 is 0 Å². The first-order chi connectivity index (χ1) is 18.4. The number of benzene rings is 2. The smallest absolute Gasteiger partial charge is 0.257 e. The Hall–Kier alpha value is -3.47. The van der Waals surface area contributed by atoms with Crippen LogP contribution in [0.3, 0.4) is 0 Å². The normalized spacial score (nSPS) is 12.3. The van der Waals surface area contributed by atoms with Crippen molar-refractivity contribution in [3.63, 3.8) is 0 Å². The molecule has 5 aromatic rings. The van der Waals surface area contributed by atoms with Gasteiger partial charge in [0.2, 0.25) is 5.43 Å². The molecule has 0 spiro atoms. The molecule has 0 bridgehead atoms. The summed E-state index contributed by atoms with van der Waals surface area (Å²) in [5.74, 6) is -0.00898. The Balaban J connectivity index is 1.30. The number of aromatic nitrogens is 1. The number of aliphatic hydroxyl groups is 2. The highest BCUT2D eigenvalue weighted by molar-refractivity contribution is 7.18. The third-order valence-electron chi connectivity index (χ3n) is 6.16. The fourth-order valence-electron chi connectivity index (χ4n) is 4.23. The number of carbonyl (C=O) groups excluding carboxylic acids is 1. The van der Waals surface area contributed by atoms with Crippen LogP contribution in [0.25, 0.3) is 21.2 Å². The summed E-state index contributed by atoms with van der Waals surface area (Å²) in [6, 6.07) is 18.2. The van der Waals surface area contributed by atoms with Gasteiger partial charge in [-0.05, 0) is 35.9 Å². The van der Waals surface area contributed by atoms with E-state index in [1.807, 2.05) is 30.3 Å². The second-order valence-corrected chi connectivity index (χ2v) is 10.4. The summed E-state index contributed by atoms with van der Waals surface area (Å²) in [4.78, 5) is 27.7. The van der Waals surface area contributed by atoms with Crippen LogP contribution in [-0.4, -0.2) is 33.8 Å². The second kappa shape index (κ2) is 11.5. The van der Waals surface area contributed by atoms with Crippen LogP contribution in [-0.2, 0) is 19.6 Å². The first-order valence-electron chi connectivity index (χ1n) is 12.1. The Morgan fingerprint density at radius 1 is 1.11 bits per heavy atom. The number of amides is 1. The molecule has 0 aliphatic heterocycles. The van der Waals surface area contributed by atoms with Crippen LogP contribution in [0.1, 0.15) is 32.7 Å². The van der Waals surface area contributed by atoms with Crippen LogP contribution >= 0.6 is 22.9 Å². The van der Waals surface area contributed by atoms with Gasteiger partial charge < -0.3 is 29.8 Å². The molecule has 10 heteroatoms. The molecule has 1 atom stereocenters. The van der Waals surface area contributed by atoms with E-state index in [-0.39, 0.29) is 37.2 Å². The van der Waals surface area contributed by atoms with Crippen molar-refractivity contribution in [3.8, 4) is 0 Å². The third-order valence-corrected chi connectivity index (χ3v) is 7.58. The molecule has 0 saturated heterocycles. The molecule has 4 N–H and O–H groups in total. The molecule has 3 aromatic heterocycles. The third kappa shape index (κ3) is 5.67. The maximum atomic E-state index is 13.2. The number of furan rings is 1. The molecule has 1 amide bonds. The Labute approximate surface area is 227 Å². The zero-order valence-electron chi connectivity index (χ0n) is 20.3. The molecule has 1 unspecified atom stereocenters. The minimum atomic E-state index is -0.831. The summed E-state index contributed by atoms with van der Waals surface area (Å²) >= 11 is 7.32. The fraction of sp³-hybridized carbons (Fsp3) is 0.214. The lowest BCUT2D eigenvalue weighted by atomic mass is 10.1. The van der Waals surface area contributed by atoms with Crippen molar-refractivity contribution in [2.75, 3.05) is 13.2 Å². The van der Waals surface area contributed by atoms with Crippen LogP contribution in [0.15, 0.2) is 76.1 Å². The quantitative estimate of drug-likeness (QED) is 0.207. The minimum Gasteiger partial charge on any atom is -0.458 e. The van der Waals surface area contributed by atoms with Gasteiger partial charge in [-0.25, -0.2) is 0 Å². The molecule has 0 radical (unpaired) electrons. The number of carbonyl (C=O) groups is 1. The molecule has 2 aromatic carbocycles. The first-order valence-corrected chi connectivity index (χ1v) is 13.3. The highest BCUT2D eigenvalue weighted by atomic mass is 35.5. The van der Waals surface area contributed by atoms with E-state index in [1.54, 1.807) is 34.9 Å². The summed E-state index contributed by atoms with van der Waals surface area (Å²) < 4.78 is 7.46. The molecule has 0 saturated carbocycles. The maximum absolute atomic E-state index is 13.2. The number of fused-ring (bicyclic) bond motifs is 2. The molecule has 8 nitrogen and oxygen atoms in total. The van der Waals surface area contributed by atoms with E-state index < -0.39 is 12.0 Å². The average Bonchev–Trinajstić information content (AvgIpc) is 3.55. The number of hydrogen-bond donors (Lipinski definition) is 4. The van der Waals surface area contributed by atoms with Crippen molar-refractivity contribution in [1.29, 1.82) is 0 Å². The Morgan fingerprint density at radius 3 is 2.66 bits per heavy atom. The van der Waals surface area contributed by atoms with E-state index in [9.17, 15) is 19.8 Å². The van der Waals surface area contributed by atoms with Gasteiger partial charge in [-0.3, -0.25) is 9.59 Å². The maximum Gasteiger partial charge on any atom is 0.257 e. The molecule has 0 aliphatic rings. The zero-order valence-corrected chi connectivity index (χ0v) is 21.9. The number of nitrogens with one attached hydrogen (secondary N) is 2. The molecule has 196 valence electrons. The minimum absolute atomic E-state index is 0.0116. The average molecular weight is 552 g/mol. The molecule has 38 heavy (non-hydrogen) atoms. The summed E-state index contributed by atoms with van der Waals surface area (Å²) in [6.45, 7) is 1.02. The number of hydrogen-bond acceptors (Lipinski definition) is 7. The largest absolute Gasteiger partial charge is 0.458 e. The van der Waals surface area contributed by atoms with E-state index in [4.69, 9.17) is 16.0 Å². The van der Waals surface area contributed by atoms with Crippen LogP contribution in [0.5, 0.6) is 0 Å². The van der Waals surface area contributed by atoms with Gasteiger partial charge in [0.15, 0.2) is 0 Å². The number of pyridine rings is 1. The highest BCUT2D eigenvalue weighted by Gasteiger charge is 2.18. The fourth-order valence-corrected chi connectivity index (χ4v) is 5.48. The number of halogens is 1. The number of nitrogens with zero attached hydrogens (tertiary/aromatic N) is 1. The predicted molar refractivity (Wildman–Crippen MR) is 149 cm³/mol. The summed E-state index contributed by atoms with van der Waals surface area (Å²) in [7, 11) is 0. The summed E-state index contributed by atoms with van der Waals surface area (Å²) in [5.41, 5.74) is 1.22. The highest BCUT2D eigenvalue weighted by Crippen LogP contribution is 2.26. The van der Waals surface area contributed by atoms with E-state index in [1.165, 1.54) is 17.5 Å². The van der Waals surface area contributed by atoms with E-state index in [2.05, 4.69) is 10.6 Å². The predicted octanol–water partition coefficient (Wildman–Crippen LogP) is 4.21. The first kappa shape index (κ1) is 26.1. The lowest BCUT2D eigenvalue weighted by molar-refractivity contribution is 0.0949. The standard InChI is InChI=1S/C28H26ClN3O5S/c29-19-7-5-17(6-8-19)13-31-27(36)22-16-32(9-10-33)28-21(26(22)35)12-20(38-28)14-30-15-23(34)25-11-18-3-1-2-4-24(18)37-25/h1-8,11-12,16,23,30,33-34H,9-10,13-15H2,(H,31,36). The van der Waals surface area contributed by atoms with Crippen LogP contribution in [0.2, 0.25) is 5.02 Å². The molecular weight excluding hydrogens is 526 g/mol. The second-order valence-electron chi connectivity index (χ2n) is 8.86. The number of rotatable bonds is 10. The van der Waals surface area contributed by atoms with Crippen molar-refractivity contribution in [3.05, 3.63) is 104 Å². The Kier molecular flexibility index (Phi) is 7.92. The van der Waals surface area contributed by atoms with Crippen molar-refractivity contribution in [2.24, 2.45) is 0 Å². The number of thiophene rings is 1. The van der Waals surface area contributed by atoms with Crippen LogP contribution in [0, 0.1) is 0 Å². The number of para-hydroxylation sites is 1. The molecule has 0 fully saturated rings. The van der Waals surface area contributed by atoms with Crippen molar-refractivity contribution < 1.29 is 19.4 Å². The number of aliphatic hydroxyl groups excluding tert-OH is 2. The van der Waals surface area contributed by atoms with Gasteiger partial charge in [0.1, 0.15) is 27.8 Å². The monoisotopic (exact) mass is 551 g/mol. The molecule has 3 heterocycles. The molecule has 0 aliphatic carbocycles. The molecule has 5 rings (SSSR count). The van der Waals surface area contributed by atoms with Crippen LogP contribution in [0.4, 0.5) is 0 Å². The SMILES string of the molecule is O=C(NCc1ccc(Cl)cc1)c1cn(CCO)c2sc(CNCC(O)c3cc4ccccc4o3)cc2c1=O. The van der Waals surface area contributed by atoms with Crippen LogP contribution < -0.4 is 16.1 Å². The topological polar surface area (TPSA) is 117 Å². The lowest BCUT2D eigenvalue weighted by Gasteiger charge is -2.10. The van der Waals surface area contributed by atoms with Crippen molar-refractivity contribution >= 4 is 50.0 Å². The van der Waals surface area contributed by atoms with Crippen molar-refractivity contribution in [1.82, 2.24) is 15.2 Å². The van der Waals surface area contributed by atoms with Gasteiger partial charge in [0, 0.05) is 47.7 Å². The van der Waals surface area contributed by atoms with Gasteiger partial charge in [0.25, 0.3) is 5.91 Å². The van der Waals surface area contributed by atoms with Gasteiger partial charge in [-0.1, -0.05) is 41.9 Å². The van der Waals surface area contributed by atoms with Gasteiger partial charge in [-0.15, -0.1) is 11.3 Å². The molecular formula is C28H26ClN3O5S. The lowest BCUT2D eigenvalue weighted by Crippen LogP contribution is -2.29. The Morgan fingerprint density at radius 2 is 1.89 bits per heavy atom. The summed E-state index contributed by atoms with van der Waals surface area (Å²) in [5, 5.41) is 28.1. The van der Waals surface area contributed by atoms with Crippen molar-refractivity contribution in [2.45, 2.75) is 25.7 Å².